The average molecular weight is 383 g/mol. The number of halogens is 4. The monoisotopic (exact) mass is 383 g/mol. The van der Waals surface area contributed by atoms with E-state index in [-0.39, 0.29) is 21.8 Å². The second kappa shape index (κ2) is 7.16. The van der Waals surface area contributed by atoms with Gasteiger partial charge in [0, 0.05) is 11.1 Å². The summed E-state index contributed by atoms with van der Waals surface area (Å²) >= 11 is 0.817. The lowest BCUT2D eigenvalue weighted by Crippen LogP contribution is -2.15. The lowest BCUT2D eigenvalue weighted by atomic mass is 10.1. The van der Waals surface area contributed by atoms with Gasteiger partial charge in [0.15, 0.2) is 0 Å². The third kappa shape index (κ3) is 4.02. The average Bonchev–Trinajstić information content (AvgIpc) is 3.11. The Morgan fingerprint density at radius 1 is 1.08 bits per heavy atom. The minimum Gasteiger partial charge on any atom is -0.329 e. The first kappa shape index (κ1) is 17.9. The third-order valence-corrected chi connectivity index (χ3v) is 4.00. The van der Waals surface area contributed by atoms with Crippen molar-refractivity contribution in [2.45, 2.75) is 11.1 Å². The van der Waals surface area contributed by atoms with Gasteiger partial charge in [-0.25, -0.2) is 4.39 Å². The number of hydrogen-bond acceptors (Lipinski definition) is 5. The van der Waals surface area contributed by atoms with Crippen LogP contribution in [0.1, 0.15) is 16.2 Å². The lowest BCUT2D eigenvalue weighted by molar-refractivity contribution is -0.159. The van der Waals surface area contributed by atoms with Crippen LogP contribution in [0.2, 0.25) is 0 Å². The smallest absolute Gasteiger partial charge is 0.329 e. The van der Waals surface area contributed by atoms with Gasteiger partial charge in [-0.15, -0.1) is 0 Å². The molecular weight excluding hydrogens is 374 g/mol. The molecule has 1 amide bonds. The fourth-order valence-electron chi connectivity index (χ4n) is 1.91. The van der Waals surface area contributed by atoms with Crippen LogP contribution in [0.5, 0.6) is 0 Å². The van der Waals surface area contributed by atoms with E-state index in [9.17, 15) is 22.4 Å². The van der Waals surface area contributed by atoms with E-state index in [2.05, 4.69) is 19.4 Å². The number of nitrogens with one attached hydrogen (secondary N) is 1. The van der Waals surface area contributed by atoms with Crippen LogP contribution in [0.3, 0.4) is 0 Å². The molecule has 0 radical (unpaired) electrons. The SMILES string of the molecule is O=C(NSc1ccccc1F)c1ccc(-c2noc(C(F)(F)F)n2)cc1. The number of benzene rings is 2. The molecule has 1 N–H and O–H groups in total. The first-order valence-corrected chi connectivity index (χ1v) is 7.89. The normalized spacial score (nSPS) is 11.4. The second-order valence-corrected chi connectivity index (χ2v) is 5.81. The van der Waals surface area contributed by atoms with Gasteiger partial charge in [-0.2, -0.15) is 18.2 Å². The van der Waals surface area contributed by atoms with Crippen molar-refractivity contribution >= 4 is 17.9 Å². The maximum atomic E-state index is 13.5. The van der Waals surface area contributed by atoms with Crippen LogP contribution in [0.25, 0.3) is 11.4 Å². The van der Waals surface area contributed by atoms with Crippen molar-refractivity contribution in [3.8, 4) is 11.4 Å². The van der Waals surface area contributed by atoms with Gasteiger partial charge in [-0.1, -0.05) is 29.4 Å². The molecule has 2 aromatic carbocycles. The van der Waals surface area contributed by atoms with Crippen molar-refractivity contribution in [3.05, 3.63) is 65.8 Å². The van der Waals surface area contributed by atoms with Crippen LogP contribution in [0, 0.1) is 5.82 Å². The number of hydrogen-bond donors (Lipinski definition) is 1. The summed E-state index contributed by atoms with van der Waals surface area (Å²) in [4.78, 5) is 15.6. The molecule has 3 aromatic rings. The van der Waals surface area contributed by atoms with Crippen molar-refractivity contribution in [1.29, 1.82) is 0 Å². The summed E-state index contributed by atoms with van der Waals surface area (Å²) in [6.45, 7) is 0. The Hall–Kier alpha value is -2.88. The molecule has 0 unspecified atom stereocenters. The van der Waals surface area contributed by atoms with E-state index in [0.29, 0.717) is 0 Å². The van der Waals surface area contributed by atoms with Crippen LogP contribution in [-0.4, -0.2) is 16.0 Å². The topological polar surface area (TPSA) is 68.0 Å². The molecule has 0 atom stereocenters. The molecule has 0 aliphatic rings. The van der Waals surface area contributed by atoms with Crippen LogP contribution in [0.15, 0.2) is 57.9 Å². The molecule has 5 nitrogen and oxygen atoms in total. The van der Waals surface area contributed by atoms with Crippen molar-refractivity contribution in [2.75, 3.05) is 0 Å². The number of rotatable bonds is 4. The Kier molecular flexibility index (Phi) is 4.94. The van der Waals surface area contributed by atoms with E-state index in [1.165, 1.54) is 42.5 Å². The highest BCUT2D eigenvalue weighted by atomic mass is 32.2. The molecule has 26 heavy (non-hydrogen) atoms. The number of aromatic nitrogens is 2. The zero-order chi connectivity index (χ0) is 18.7. The number of carbonyl (C=O) groups excluding carboxylic acids is 1. The number of amides is 1. The number of alkyl halides is 3. The first-order valence-electron chi connectivity index (χ1n) is 7.07. The van der Waals surface area contributed by atoms with Gasteiger partial charge in [0.25, 0.3) is 5.91 Å². The van der Waals surface area contributed by atoms with Crippen molar-refractivity contribution in [2.24, 2.45) is 0 Å². The third-order valence-electron chi connectivity index (χ3n) is 3.16. The quantitative estimate of drug-likeness (QED) is 0.537. The highest BCUT2D eigenvalue weighted by Crippen LogP contribution is 2.29. The molecule has 0 spiro atoms. The number of carbonyl (C=O) groups is 1. The Morgan fingerprint density at radius 3 is 2.38 bits per heavy atom. The van der Waals surface area contributed by atoms with E-state index in [1.54, 1.807) is 6.07 Å². The fourth-order valence-corrected chi connectivity index (χ4v) is 2.55. The Balaban J connectivity index is 1.68. The summed E-state index contributed by atoms with van der Waals surface area (Å²) in [6.07, 6.45) is -4.73. The lowest BCUT2D eigenvalue weighted by Gasteiger charge is -2.05. The molecule has 10 heteroatoms. The zero-order valence-electron chi connectivity index (χ0n) is 12.7. The summed E-state index contributed by atoms with van der Waals surface area (Å²) in [7, 11) is 0. The molecule has 134 valence electrons. The van der Waals surface area contributed by atoms with Crippen molar-refractivity contribution in [1.82, 2.24) is 14.9 Å². The van der Waals surface area contributed by atoms with E-state index in [0.717, 1.165) is 11.9 Å². The van der Waals surface area contributed by atoms with Gasteiger partial charge in [-0.05, 0) is 36.2 Å². The minimum atomic E-state index is -4.73. The Labute approximate surface area is 148 Å². The highest BCUT2D eigenvalue weighted by molar-refractivity contribution is 7.98. The van der Waals surface area contributed by atoms with Crippen molar-refractivity contribution in [3.63, 3.8) is 0 Å². The standard InChI is InChI=1S/C16H9F4N3O2S/c17-11-3-1-2-4-12(11)26-23-14(24)10-7-5-9(6-8-10)13-21-15(25-22-13)16(18,19)20/h1-8H,(H,23,24). The van der Waals surface area contributed by atoms with E-state index in [4.69, 9.17) is 0 Å². The van der Waals surface area contributed by atoms with Crippen LogP contribution in [-0.2, 0) is 6.18 Å². The largest absolute Gasteiger partial charge is 0.471 e. The molecule has 3 rings (SSSR count). The van der Waals surface area contributed by atoms with Crippen LogP contribution < -0.4 is 4.72 Å². The van der Waals surface area contributed by atoms with Gasteiger partial charge >= 0.3 is 12.1 Å². The summed E-state index contributed by atoms with van der Waals surface area (Å²) < 4.78 is 57.5. The summed E-state index contributed by atoms with van der Waals surface area (Å²) in [5.41, 5.74) is 0.486. The van der Waals surface area contributed by atoms with E-state index < -0.39 is 23.8 Å². The van der Waals surface area contributed by atoms with Gasteiger partial charge < -0.3 is 4.52 Å². The molecule has 0 aliphatic heterocycles. The Bertz CT molecular complexity index is 926. The van der Waals surface area contributed by atoms with Gasteiger partial charge in [0.1, 0.15) is 5.82 Å². The maximum absolute atomic E-state index is 13.5. The predicted octanol–water partition coefficient (Wildman–Crippen LogP) is 4.33. The second-order valence-electron chi connectivity index (χ2n) is 4.96. The Morgan fingerprint density at radius 2 is 1.77 bits per heavy atom. The highest BCUT2D eigenvalue weighted by Gasteiger charge is 2.38. The van der Waals surface area contributed by atoms with Crippen LogP contribution in [0.4, 0.5) is 17.6 Å². The van der Waals surface area contributed by atoms with E-state index >= 15 is 0 Å². The maximum Gasteiger partial charge on any atom is 0.471 e. The molecule has 0 saturated carbocycles. The molecule has 1 aromatic heterocycles. The molecule has 0 bridgehead atoms. The molecule has 0 fully saturated rings. The van der Waals surface area contributed by atoms with Crippen LogP contribution >= 0.6 is 11.9 Å². The molecule has 0 aliphatic carbocycles. The molecular formula is C16H9F4N3O2S. The van der Waals surface area contributed by atoms with Gasteiger partial charge in [-0.3, -0.25) is 9.52 Å². The first-order chi connectivity index (χ1) is 12.3. The number of nitrogens with zero attached hydrogens (tertiary/aromatic N) is 2. The predicted molar refractivity (Wildman–Crippen MR) is 84.5 cm³/mol. The van der Waals surface area contributed by atoms with Gasteiger partial charge in [0.05, 0.1) is 4.90 Å². The summed E-state index contributed by atoms with van der Waals surface area (Å²) in [5.74, 6) is -2.65. The van der Waals surface area contributed by atoms with Crippen molar-refractivity contribution < 1.29 is 26.9 Å². The summed E-state index contributed by atoms with van der Waals surface area (Å²) in [6, 6.07) is 11.5. The van der Waals surface area contributed by atoms with Gasteiger partial charge in [0.2, 0.25) is 5.82 Å². The minimum absolute atomic E-state index is 0.233. The fraction of sp³-hybridized carbons (Fsp3) is 0.0625. The zero-order valence-corrected chi connectivity index (χ0v) is 13.6. The molecule has 0 saturated heterocycles. The molecule has 1 heterocycles. The van der Waals surface area contributed by atoms with E-state index in [1.807, 2.05) is 0 Å². The summed E-state index contributed by atoms with van der Waals surface area (Å²) in [5, 5.41) is 3.26.